The minimum absolute atomic E-state index is 0.00264. The number of hydrogen-bond donors (Lipinski definition) is 1. The predicted molar refractivity (Wildman–Crippen MR) is 64.0 cm³/mol. The van der Waals surface area contributed by atoms with Crippen molar-refractivity contribution < 1.29 is 4.74 Å². The molecule has 0 aliphatic heterocycles. The Morgan fingerprint density at radius 1 is 1.33 bits per heavy atom. The maximum atomic E-state index is 6.06. The molecule has 0 spiro atoms. The molecular weight excluding hydrogens is 186 g/mol. The molecular formula is C13H21NO. The minimum atomic E-state index is -0.00264. The summed E-state index contributed by atoms with van der Waals surface area (Å²) in [6.07, 6.45) is 1.04. The van der Waals surface area contributed by atoms with E-state index in [9.17, 15) is 0 Å². The molecule has 0 saturated carbocycles. The Morgan fingerprint density at radius 3 is 2.67 bits per heavy atom. The van der Waals surface area contributed by atoms with Gasteiger partial charge in [-0.15, -0.1) is 0 Å². The molecule has 84 valence electrons. The first kappa shape index (κ1) is 12.2. The van der Waals surface area contributed by atoms with Crippen molar-refractivity contribution >= 4 is 0 Å². The van der Waals surface area contributed by atoms with Gasteiger partial charge in [0, 0.05) is 6.61 Å². The first-order chi connectivity index (χ1) is 7.15. The van der Waals surface area contributed by atoms with Crippen molar-refractivity contribution in [1.82, 2.24) is 0 Å². The lowest BCUT2D eigenvalue weighted by Crippen LogP contribution is -2.18. The lowest BCUT2D eigenvalue weighted by Gasteiger charge is -2.15. The second-order valence-corrected chi connectivity index (χ2v) is 4.04. The van der Waals surface area contributed by atoms with Gasteiger partial charge < -0.3 is 10.5 Å². The summed E-state index contributed by atoms with van der Waals surface area (Å²) in [6, 6.07) is 6.36. The molecule has 0 heterocycles. The third kappa shape index (κ3) is 3.65. The van der Waals surface area contributed by atoms with Gasteiger partial charge in [-0.1, -0.05) is 30.7 Å². The Morgan fingerprint density at radius 2 is 2.07 bits per heavy atom. The molecule has 0 saturated heterocycles. The summed E-state index contributed by atoms with van der Waals surface area (Å²) in [4.78, 5) is 0. The fourth-order valence-electron chi connectivity index (χ4n) is 1.69. The fraction of sp³-hybridized carbons (Fsp3) is 0.538. The predicted octanol–water partition coefficient (Wildman–Crippen LogP) is 2.73. The van der Waals surface area contributed by atoms with E-state index >= 15 is 0 Å². The van der Waals surface area contributed by atoms with Gasteiger partial charge in [0.05, 0.1) is 12.6 Å². The largest absolute Gasteiger partial charge is 0.379 e. The first-order valence-electron chi connectivity index (χ1n) is 5.55. The number of nitrogens with two attached hydrogens (primary N) is 1. The van der Waals surface area contributed by atoms with E-state index < -0.39 is 0 Å². The van der Waals surface area contributed by atoms with Crippen LogP contribution in [0, 0.1) is 13.8 Å². The number of hydrogen-bond acceptors (Lipinski definition) is 2. The second-order valence-electron chi connectivity index (χ2n) is 4.04. The van der Waals surface area contributed by atoms with Gasteiger partial charge in [-0.3, -0.25) is 0 Å². The minimum Gasteiger partial charge on any atom is -0.379 e. The summed E-state index contributed by atoms with van der Waals surface area (Å²) in [5.41, 5.74) is 9.78. The molecule has 0 fully saturated rings. The zero-order valence-electron chi connectivity index (χ0n) is 9.92. The number of rotatable bonds is 5. The van der Waals surface area contributed by atoms with Gasteiger partial charge >= 0.3 is 0 Å². The van der Waals surface area contributed by atoms with Crippen LogP contribution in [0.25, 0.3) is 0 Å². The second kappa shape index (κ2) is 5.89. The monoisotopic (exact) mass is 207 g/mol. The van der Waals surface area contributed by atoms with Crippen LogP contribution in [0.5, 0.6) is 0 Å². The molecule has 0 amide bonds. The van der Waals surface area contributed by atoms with Gasteiger partial charge in [0.25, 0.3) is 0 Å². The van der Waals surface area contributed by atoms with Crippen molar-refractivity contribution in [3.05, 3.63) is 34.9 Å². The van der Waals surface area contributed by atoms with E-state index in [2.05, 4.69) is 39.0 Å². The Balaban J connectivity index is 2.61. The molecule has 1 unspecified atom stereocenters. The summed E-state index contributed by atoms with van der Waals surface area (Å²) in [7, 11) is 0. The van der Waals surface area contributed by atoms with Crippen molar-refractivity contribution in [1.29, 1.82) is 0 Å². The molecule has 1 rings (SSSR count). The van der Waals surface area contributed by atoms with Crippen molar-refractivity contribution in [2.24, 2.45) is 5.73 Å². The molecule has 0 bridgehead atoms. The molecule has 2 N–H and O–H groups in total. The van der Waals surface area contributed by atoms with E-state index in [0.29, 0.717) is 6.61 Å². The van der Waals surface area contributed by atoms with Gasteiger partial charge in [-0.05, 0) is 31.4 Å². The Kier molecular flexibility index (Phi) is 4.79. The van der Waals surface area contributed by atoms with Gasteiger partial charge in [0.2, 0.25) is 0 Å². The van der Waals surface area contributed by atoms with E-state index in [0.717, 1.165) is 13.0 Å². The van der Waals surface area contributed by atoms with Crippen LogP contribution in [-0.4, -0.2) is 13.2 Å². The normalized spacial score (nSPS) is 12.8. The summed E-state index contributed by atoms with van der Waals surface area (Å²) in [5.74, 6) is 0. The molecule has 0 aliphatic carbocycles. The average Bonchev–Trinajstić information content (AvgIpc) is 2.17. The van der Waals surface area contributed by atoms with Crippen LogP contribution >= 0.6 is 0 Å². The van der Waals surface area contributed by atoms with Crippen LogP contribution in [0.3, 0.4) is 0 Å². The summed E-state index contributed by atoms with van der Waals surface area (Å²) >= 11 is 0. The summed E-state index contributed by atoms with van der Waals surface area (Å²) in [6.45, 7) is 7.69. The van der Waals surface area contributed by atoms with Gasteiger partial charge in [0.15, 0.2) is 0 Å². The number of aryl methyl sites for hydroxylation is 2. The molecule has 0 radical (unpaired) electrons. The summed E-state index contributed by atoms with van der Waals surface area (Å²) < 4.78 is 5.46. The molecule has 1 aromatic carbocycles. The standard InChI is InChI=1S/C13H21NO/c1-4-7-15-9-13(14)12-6-5-10(2)8-11(12)3/h5-6,8,13H,4,7,9,14H2,1-3H3. The van der Waals surface area contributed by atoms with Crippen molar-refractivity contribution in [2.45, 2.75) is 33.2 Å². The molecule has 1 atom stereocenters. The average molecular weight is 207 g/mol. The van der Waals surface area contributed by atoms with E-state index in [1.165, 1.54) is 16.7 Å². The quantitative estimate of drug-likeness (QED) is 0.753. The Hall–Kier alpha value is -0.860. The van der Waals surface area contributed by atoms with Crippen LogP contribution in [0.1, 0.15) is 36.1 Å². The van der Waals surface area contributed by atoms with Crippen LogP contribution in [0.2, 0.25) is 0 Å². The lowest BCUT2D eigenvalue weighted by molar-refractivity contribution is 0.121. The Bertz CT molecular complexity index is 309. The fourth-order valence-corrected chi connectivity index (χ4v) is 1.69. The van der Waals surface area contributed by atoms with Crippen molar-refractivity contribution in [3.63, 3.8) is 0 Å². The Labute approximate surface area is 92.4 Å². The van der Waals surface area contributed by atoms with E-state index in [4.69, 9.17) is 10.5 Å². The highest BCUT2D eigenvalue weighted by atomic mass is 16.5. The smallest absolute Gasteiger partial charge is 0.0659 e. The number of benzene rings is 1. The zero-order valence-corrected chi connectivity index (χ0v) is 9.92. The molecule has 0 aliphatic rings. The molecule has 2 heteroatoms. The molecule has 1 aromatic rings. The molecule has 0 aromatic heterocycles. The lowest BCUT2D eigenvalue weighted by atomic mass is 10.0. The van der Waals surface area contributed by atoms with Crippen LogP contribution in [0.15, 0.2) is 18.2 Å². The van der Waals surface area contributed by atoms with Gasteiger partial charge in [0.1, 0.15) is 0 Å². The maximum Gasteiger partial charge on any atom is 0.0659 e. The van der Waals surface area contributed by atoms with Crippen molar-refractivity contribution in [2.75, 3.05) is 13.2 Å². The topological polar surface area (TPSA) is 35.2 Å². The van der Waals surface area contributed by atoms with E-state index in [1.54, 1.807) is 0 Å². The third-order valence-corrected chi connectivity index (χ3v) is 2.47. The van der Waals surface area contributed by atoms with E-state index in [-0.39, 0.29) is 6.04 Å². The third-order valence-electron chi connectivity index (χ3n) is 2.47. The maximum absolute atomic E-state index is 6.06. The number of ether oxygens (including phenoxy) is 1. The van der Waals surface area contributed by atoms with Crippen molar-refractivity contribution in [3.8, 4) is 0 Å². The van der Waals surface area contributed by atoms with Crippen LogP contribution < -0.4 is 5.73 Å². The van der Waals surface area contributed by atoms with Crippen LogP contribution in [-0.2, 0) is 4.74 Å². The highest BCUT2D eigenvalue weighted by molar-refractivity contribution is 5.32. The van der Waals surface area contributed by atoms with Gasteiger partial charge in [-0.2, -0.15) is 0 Å². The summed E-state index contributed by atoms with van der Waals surface area (Å²) in [5, 5.41) is 0. The van der Waals surface area contributed by atoms with Gasteiger partial charge in [-0.25, -0.2) is 0 Å². The highest BCUT2D eigenvalue weighted by Gasteiger charge is 2.08. The molecule has 2 nitrogen and oxygen atoms in total. The zero-order chi connectivity index (χ0) is 11.3. The van der Waals surface area contributed by atoms with E-state index in [1.807, 2.05) is 0 Å². The highest BCUT2D eigenvalue weighted by Crippen LogP contribution is 2.17. The first-order valence-corrected chi connectivity index (χ1v) is 5.55. The molecule has 15 heavy (non-hydrogen) atoms. The SMILES string of the molecule is CCCOCC(N)c1ccc(C)cc1C. The van der Waals surface area contributed by atoms with Crippen LogP contribution in [0.4, 0.5) is 0 Å².